The number of hydrogen-bond acceptors (Lipinski definition) is 6. The van der Waals surface area contributed by atoms with E-state index in [1.165, 1.54) is 0 Å². The summed E-state index contributed by atoms with van der Waals surface area (Å²) in [6.45, 7) is 8.07. The van der Waals surface area contributed by atoms with Gasteiger partial charge in [-0.25, -0.2) is 0 Å². The number of benzene rings is 2. The zero-order chi connectivity index (χ0) is 26.1. The van der Waals surface area contributed by atoms with Crippen molar-refractivity contribution in [3.8, 4) is 0 Å². The number of carbonyl (C=O) groups excluding carboxylic acids is 1. The predicted octanol–water partition coefficient (Wildman–Crippen LogP) is 3.14. The first-order valence-electron chi connectivity index (χ1n) is 13.1. The molecule has 2 aliphatic heterocycles. The Bertz CT molecular complexity index is 1490. The number of hydrogen-bond donors (Lipinski definition) is 1. The highest BCUT2D eigenvalue weighted by Gasteiger charge is 2.22. The fourth-order valence-electron chi connectivity index (χ4n) is 5.40. The Labute approximate surface area is 226 Å². The van der Waals surface area contributed by atoms with Gasteiger partial charge in [0, 0.05) is 73.5 Å². The van der Waals surface area contributed by atoms with Crippen molar-refractivity contribution in [3.63, 3.8) is 0 Å². The largest absolute Gasteiger partial charge is 0.379 e. The minimum absolute atomic E-state index is 0.149. The van der Waals surface area contributed by atoms with Crippen molar-refractivity contribution in [3.05, 3.63) is 86.3 Å². The average Bonchev–Trinajstić information content (AvgIpc) is 3.28. The van der Waals surface area contributed by atoms with Crippen molar-refractivity contribution in [1.29, 1.82) is 0 Å². The molecule has 0 spiro atoms. The number of rotatable bonds is 7. The summed E-state index contributed by atoms with van der Waals surface area (Å²) in [6.07, 6.45) is 1.71. The molecule has 198 valence electrons. The van der Waals surface area contributed by atoms with Gasteiger partial charge in [0.05, 0.1) is 31.9 Å². The molecule has 4 aromatic rings. The Morgan fingerprint density at radius 3 is 2.21 bits per heavy atom. The second-order valence-electron chi connectivity index (χ2n) is 10.0. The van der Waals surface area contributed by atoms with E-state index in [0.717, 1.165) is 80.2 Å². The van der Waals surface area contributed by atoms with E-state index in [9.17, 15) is 9.59 Å². The van der Waals surface area contributed by atoms with Crippen LogP contribution in [-0.4, -0.2) is 72.7 Å². The van der Waals surface area contributed by atoms with Crippen LogP contribution in [0.15, 0.2) is 53.5 Å². The number of halogens is 1. The molecule has 8 nitrogen and oxygen atoms in total. The van der Waals surface area contributed by atoms with E-state index < -0.39 is 0 Å². The van der Waals surface area contributed by atoms with Crippen molar-refractivity contribution >= 4 is 33.8 Å². The molecule has 4 heterocycles. The van der Waals surface area contributed by atoms with Gasteiger partial charge in [0.15, 0.2) is 0 Å². The maximum Gasteiger partial charge on any atom is 0.257 e. The molecule has 0 aliphatic carbocycles. The summed E-state index contributed by atoms with van der Waals surface area (Å²) in [5, 5.41) is 5.17. The number of morpholine rings is 2. The molecule has 1 N–H and O–H groups in total. The molecule has 2 aromatic heterocycles. The van der Waals surface area contributed by atoms with Gasteiger partial charge in [0.1, 0.15) is 5.56 Å². The Kier molecular flexibility index (Phi) is 7.32. The van der Waals surface area contributed by atoms with Crippen molar-refractivity contribution in [1.82, 2.24) is 19.5 Å². The number of nitrogens with zero attached hydrogens (tertiary/aromatic N) is 3. The molecule has 6 rings (SSSR count). The Morgan fingerprint density at radius 1 is 0.868 bits per heavy atom. The van der Waals surface area contributed by atoms with Crippen LogP contribution >= 0.6 is 11.6 Å². The lowest BCUT2D eigenvalue weighted by Crippen LogP contribution is -2.36. The number of nitrogens with one attached hydrogen (secondary N) is 1. The first-order valence-corrected chi connectivity index (χ1v) is 13.5. The summed E-state index contributed by atoms with van der Waals surface area (Å²) in [4.78, 5) is 31.7. The molecule has 0 unspecified atom stereocenters. The maximum atomic E-state index is 13.7. The lowest BCUT2D eigenvalue weighted by atomic mass is 10.0. The standard InChI is InChI=1S/C29H31ClN4O4/c30-23-3-1-20(2-4-23)16-31-29(36)26-19-34-24(18-33-7-11-38-12-8-33)15-22-13-21(14-25(27(22)34)28(26)35)17-32-5-9-37-10-6-32/h1-4,13-15,19H,5-12,16-18H2,(H,31,36). The van der Waals surface area contributed by atoms with E-state index >= 15 is 0 Å². The Balaban J connectivity index is 1.38. The Hall–Kier alpha value is -3.01. The number of amides is 1. The fourth-order valence-corrected chi connectivity index (χ4v) is 5.53. The molecule has 2 aliphatic rings. The SMILES string of the molecule is O=C(NCc1ccc(Cl)cc1)c1cn2c(CN3CCOCC3)cc3cc(CN4CCOCC4)cc(c1=O)c32. The van der Waals surface area contributed by atoms with Gasteiger partial charge in [-0.2, -0.15) is 0 Å². The molecule has 0 radical (unpaired) electrons. The van der Waals surface area contributed by atoms with Gasteiger partial charge < -0.3 is 19.2 Å². The van der Waals surface area contributed by atoms with Gasteiger partial charge in [-0.05, 0) is 41.5 Å². The zero-order valence-electron chi connectivity index (χ0n) is 21.2. The highest BCUT2D eigenvalue weighted by atomic mass is 35.5. The summed E-state index contributed by atoms with van der Waals surface area (Å²) < 4.78 is 13.1. The molecule has 0 saturated carbocycles. The average molecular weight is 535 g/mol. The van der Waals surface area contributed by atoms with Crippen LogP contribution in [0.25, 0.3) is 16.3 Å². The molecule has 1 amide bonds. The van der Waals surface area contributed by atoms with Crippen molar-refractivity contribution in [2.75, 3.05) is 52.6 Å². The summed E-state index contributed by atoms with van der Waals surface area (Å²) >= 11 is 5.99. The lowest BCUT2D eigenvalue weighted by Gasteiger charge is -2.26. The first kappa shape index (κ1) is 25.3. The van der Waals surface area contributed by atoms with Gasteiger partial charge in [0.2, 0.25) is 5.43 Å². The summed E-state index contributed by atoms with van der Waals surface area (Å²) in [5.74, 6) is -0.381. The molecule has 2 fully saturated rings. The summed E-state index contributed by atoms with van der Waals surface area (Å²) in [7, 11) is 0. The highest BCUT2D eigenvalue weighted by molar-refractivity contribution is 6.30. The molecular weight excluding hydrogens is 504 g/mol. The topological polar surface area (TPSA) is 75.5 Å². The normalized spacial score (nSPS) is 17.4. The van der Waals surface area contributed by atoms with Gasteiger partial charge in [-0.15, -0.1) is 0 Å². The van der Waals surface area contributed by atoms with E-state index in [1.54, 1.807) is 18.3 Å². The third-order valence-electron chi connectivity index (χ3n) is 7.43. The quantitative estimate of drug-likeness (QED) is 0.393. The third-order valence-corrected chi connectivity index (χ3v) is 7.68. The van der Waals surface area contributed by atoms with Crippen LogP contribution in [0.1, 0.15) is 27.2 Å². The van der Waals surface area contributed by atoms with Crippen LogP contribution in [0, 0.1) is 0 Å². The van der Waals surface area contributed by atoms with Crippen LogP contribution in [0.2, 0.25) is 5.02 Å². The van der Waals surface area contributed by atoms with E-state index in [4.69, 9.17) is 21.1 Å². The van der Waals surface area contributed by atoms with Crippen LogP contribution in [0.4, 0.5) is 0 Å². The van der Waals surface area contributed by atoms with Gasteiger partial charge in [-0.3, -0.25) is 19.4 Å². The smallest absolute Gasteiger partial charge is 0.257 e. The third kappa shape index (κ3) is 5.28. The number of ether oxygens (including phenoxy) is 2. The second-order valence-corrected chi connectivity index (χ2v) is 10.5. The van der Waals surface area contributed by atoms with Crippen LogP contribution < -0.4 is 10.7 Å². The molecule has 38 heavy (non-hydrogen) atoms. The van der Waals surface area contributed by atoms with E-state index in [-0.39, 0.29) is 16.9 Å². The van der Waals surface area contributed by atoms with E-state index in [1.807, 2.05) is 22.6 Å². The maximum absolute atomic E-state index is 13.7. The second kappa shape index (κ2) is 11.0. The molecular formula is C29H31ClN4O4. The van der Waals surface area contributed by atoms with Gasteiger partial charge >= 0.3 is 0 Å². The van der Waals surface area contributed by atoms with E-state index in [2.05, 4.69) is 27.2 Å². The summed E-state index contributed by atoms with van der Waals surface area (Å²) in [6, 6.07) is 13.6. The number of pyridine rings is 1. The van der Waals surface area contributed by atoms with Crippen molar-refractivity contribution < 1.29 is 14.3 Å². The predicted molar refractivity (Wildman–Crippen MR) is 147 cm³/mol. The van der Waals surface area contributed by atoms with Gasteiger partial charge in [0.25, 0.3) is 5.91 Å². The minimum atomic E-state index is -0.381. The minimum Gasteiger partial charge on any atom is -0.379 e. The zero-order valence-corrected chi connectivity index (χ0v) is 22.0. The van der Waals surface area contributed by atoms with Crippen LogP contribution in [0.3, 0.4) is 0 Å². The molecule has 0 bridgehead atoms. The van der Waals surface area contributed by atoms with Gasteiger partial charge in [-0.1, -0.05) is 23.7 Å². The summed E-state index contributed by atoms with van der Waals surface area (Å²) in [5.41, 5.74) is 3.82. The fraction of sp³-hybridized carbons (Fsp3) is 0.379. The Morgan fingerprint density at radius 2 is 1.53 bits per heavy atom. The van der Waals surface area contributed by atoms with E-state index in [0.29, 0.717) is 30.2 Å². The molecule has 9 heteroatoms. The number of aromatic nitrogens is 1. The molecule has 0 atom stereocenters. The first-order chi connectivity index (χ1) is 18.5. The lowest BCUT2D eigenvalue weighted by molar-refractivity contribution is 0.0335. The van der Waals surface area contributed by atoms with Crippen LogP contribution in [-0.2, 0) is 29.1 Å². The molecule has 2 aromatic carbocycles. The monoisotopic (exact) mass is 534 g/mol. The van der Waals surface area contributed by atoms with Crippen molar-refractivity contribution in [2.24, 2.45) is 0 Å². The molecule has 2 saturated heterocycles. The number of carbonyl (C=O) groups is 1. The van der Waals surface area contributed by atoms with Crippen molar-refractivity contribution in [2.45, 2.75) is 19.6 Å². The van der Waals surface area contributed by atoms with Crippen LogP contribution in [0.5, 0.6) is 0 Å². The highest BCUT2D eigenvalue weighted by Crippen LogP contribution is 2.27.